The first-order valence-electron chi connectivity index (χ1n) is 8.63. The van der Waals surface area contributed by atoms with Crippen molar-refractivity contribution in [2.24, 2.45) is 0 Å². The van der Waals surface area contributed by atoms with Crippen molar-refractivity contribution in [2.45, 2.75) is 31.7 Å². The number of esters is 1. The number of benzene rings is 1. The quantitative estimate of drug-likeness (QED) is 0.707. The van der Waals surface area contributed by atoms with E-state index in [9.17, 15) is 18.0 Å². The number of hydrogen-bond donors (Lipinski definition) is 2. The summed E-state index contributed by atoms with van der Waals surface area (Å²) in [6.07, 6.45) is 3.95. The Kier molecular flexibility index (Phi) is 5.61. The summed E-state index contributed by atoms with van der Waals surface area (Å²) < 4.78 is 27.7. The van der Waals surface area contributed by atoms with Crippen molar-refractivity contribution in [1.29, 1.82) is 0 Å². The van der Waals surface area contributed by atoms with Crippen molar-refractivity contribution >= 4 is 32.6 Å². The van der Waals surface area contributed by atoms with Crippen molar-refractivity contribution in [2.75, 3.05) is 18.1 Å². The number of aromatic nitrogens is 1. The number of amides is 1. The van der Waals surface area contributed by atoms with E-state index < -0.39 is 21.7 Å². The zero-order chi connectivity index (χ0) is 18.6. The molecule has 0 bridgehead atoms. The Bertz CT molecular complexity index is 903. The summed E-state index contributed by atoms with van der Waals surface area (Å²) >= 11 is 0. The van der Waals surface area contributed by atoms with Gasteiger partial charge in [-0.1, -0.05) is 18.2 Å². The summed E-state index contributed by atoms with van der Waals surface area (Å²) in [5, 5.41) is 3.73. The minimum Gasteiger partial charge on any atom is -0.456 e. The maximum atomic E-state index is 11.8. The number of nitrogens with one attached hydrogen (secondary N) is 2. The lowest BCUT2D eigenvalue weighted by Gasteiger charge is -2.11. The van der Waals surface area contributed by atoms with Crippen LogP contribution >= 0.6 is 0 Å². The summed E-state index contributed by atoms with van der Waals surface area (Å²) in [6, 6.07) is 7.59. The van der Waals surface area contributed by atoms with Crippen LogP contribution in [-0.2, 0) is 30.6 Å². The number of carbonyl (C=O) groups is 2. The second-order valence-electron chi connectivity index (χ2n) is 6.54. The number of ether oxygens (including phenoxy) is 1. The molecule has 0 aliphatic carbocycles. The van der Waals surface area contributed by atoms with E-state index >= 15 is 0 Å². The third kappa shape index (κ3) is 4.85. The summed E-state index contributed by atoms with van der Waals surface area (Å²) in [6.45, 7) is -0.373. The lowest BCUT2D eigenvalue weighted by atomic mass is 10.1. The maximum Gasteiger partial charge on any atom is 0.306 e. The van der Waals surface area contributed by atoms with E-state index in [2.05, 4.69) is 10.3 Å². The van der Waals surface area contributed by atoms with Gasteiger partial charge in [-0.3, -0.25) is 9.59 Å². The van der Waals surface area contributed by atoms with Crippen molar-refractivity contribution in [3.8, 4) is 0 Å². The van der Waals surface area contributed by atoms with Gasteiger partial charge < -0.3 is 15.0 Å². The Morgan fingerprint density at radius 1 is 1.27 bits per heavy atom. The zero-order valence-corrected chi connectivity index (χ0v) is 15.2. The number of H-pyrrole nitrogens is 1. The first kappa shape index (κ1) is 18.4. The van der Waals surface area contributed by atoms with Crippen molar-refractivity contribution < 1.29 is 22.7 Å². The van der Waals surface area contributed by atoms with Gasteiger partial charge in [-0.05, 0) is 30.9 Å². The largest absolute Gasteiger partial charge is 0.456 e. The predicted molar refractivity (Wildman–Crippen MR) is 97.4 cm³/mol. The molecule has 1 fully saturated rings. The van der Waals surface area contributed by atoms with Crippen LogP contribution in [-0.4, -0.2) is 49.4 Å². The van der Waals surface area contributed by atoms with Gasteiger partial charge >= 0.3 is 5.97 Å². The molecule has 26 heavy (non-hydrogen) atoms. The zero-order valence-electron chi connectivity index (χ0n) is 14.4. The number of aryl methyl sites for hydroxylation is 1. The SMILES string of the molecule is O=C(COC(=O)CCCc1c[nH]c2ccccc12)NC1CCS(=O)(=O)C1. The predicted octanol–water partition coefficient (Wildman–Crippen LogP) is 1.34. The molecule has 0 saturated carbocycles. The molecule has 2 heterocycles. The molecule has 1 aromatic heterocycles. The van der Waals surface area contributed by atoms with Crippen molar-refractivity contribution in [3.05, 3.63) is 36.0 Å². The van der Waals surface area contributed by atoms with Crippen LogP contribution in [0.15, 0.2) is 30.5 Å². The fraction of sp³-hybridized carbons (Fsp3) is 0.444. The topological polar surface area (TPSA) is 105 Å². The van der Waals surface area contributed by atoms with Gasteiger partial charge in [-0.2, -0.15) is 0 Å². The second-order valence-corrected chi connectivity index (χ2v) is 8.77. The number of aromatic amines is 1. The molecule has 1 aliphatic heterocycles. The minimum atomic E-state index is -3.05. The number of para-hydroxylation sites is 1. The van der Waals surface area contributed by atoms with Gasteiger partial charge in [-0.15, -0.1) is 0 Å². The highest BCUT2D eigenvalue weighted by Crippen LogP contribution is 2.19. The smallest absolute Gasteiger partial charge is 0.306 e. The molecule has 1 unspecified atom stereocenters. The average molecular weight is 378 g/mol. The van der Waals surface area contributed by atoms with E-state index in [0.29, 0.717) is 12.8 Å². The summed E-state index contributed by atoms with van der Waals surface area (Å²) in [5.41, 5.74) is 2.21. The van der Waals surface area contributed by atoms with Gasteiger partial charge in [0.15, 0.2) is 16.4 Å². The molecule has 140 valence electrons. The van der Waals surface area contributed by atoms with Crippen molar-refractivity contribution in [3.63, 3.8) is 0 Å². The van der Waals surface area contributed by atoms with Crippen LogP contribution in [0.1, 0.15) is 24.8 Å². The Hall–Kier alpha value is -2.35. The van der Waals surface area contributed by atoms with E-state index in [-0.39, 0.29) is 30.6 Å². The van der Waals surface area contributed by atoms with Gasteiger partial charge in [0.1, 0.15) is 0 Å². The highest BCUT2D eigenvalue weighted by atomic mass is 32.2. The highest BCUT2D eigenvalue weighted by Gasteiger charge is 2.28. The second kappa shape index (κ2) is 7.90. The molecule has 2 aromatic rings. The van der Waals surface area contributed by atoms with E-state index in [4.69, 9.17) is 4.74 Å². The molecular weight excluding hydrogens is 356 g/mol. The normalized spacial score (nSPS) is 18.7. The fourth-order valence-electron chi connectivity index (χ4n) is 3.16. The maximum absolute atomic E-state index is 11.8. The van der Waals surface area contributed by atoms with Crippen LogP contribution in [0, 0.1) is 0 Å². The van der Waals surface area contributed by atoms with Gasteiger partial charge in [0.25, 0.3) is 5.91 Å². The molecule has 2 N–H and O–H groups in total. The summed E-state index contributed by atoms with van der Waals surface area (Å²) in [4.78, 5) is 26.7. The van der Waals surface area contributed by atoms with Crippen LogP contribution < -0.4 is 5.32 Å². The van der Waals surface area contributed by atoms with Crippen molar-refractivity contribution in [1.82, 2.24) is 10.3 Å². The number of sulfone groups is 1. The molecule has 1 atom stereocenters. The standard InChI is InChI=1S/C18H22N2O5S/c21-17(20-14-8-9-26(23,24)12-14)11-25-18(22)7-3-4-13-10-19-16-6-2-1-5-15(13)16/h1-2,5-6,10,14,19H,3-4,7-9,11-12H2,(H,20,21). The first-order valence-corrected chi connectivity index (χ1v) is 10.5. The molecule has 1 aromatic carbocycles. The Morgan fingerprint density at radius 3 is 2.85 bits per heavy atom. The van der Waals surface area contributed by atoms with Crippen LogP contribution in [0.4, 0.5) is 0 Å². The molecule has 3 rings (SSSR count). The van der Waals surface area contributed by atoms with Crippen LogP contribution in [0.5, 0.6) is 0 Å². The third-order valence-corrected chi connectivity index (χ3v) is 6.23. The van der Waals surface area contributed by atoms with E-state index in [0.717, 1.165) is 22.9 Å². The third-order valence-electron chi connectivity index (χ3n) is 4.46. The highest BCUT2D eigenvalue weighted by molar-refractivity contribution is 7.91. The molecular formula is C18H22N2O5S. The molecule has 1 saturated heterocycles. The number of fused-ring (bicyclic) bond motifs is 1. The van der Waals surface area contributed by atoms with Crippen LogP contribution in [0.2, 0.25) is 0 Å². The van der Waals surface area contributed by atoms with Gasteiger partial charge in [0.2, 0.25) is 0 Å². The summed E-state index contributed by atoms with van der Waals surface area (Å²) in [7, 11) is -3.05. The number of hydrogen-bond acceptors (Lipinski definition) is 5. The molecule has 1 amide bonds. The van der Waals surface area contributed by atoms with E-state index in [1.54, 1.807) is 0 Å². The minimum absolute atomic E-state index is 0.0443. The average Bonchev–Trinajstić information content (AvgIpc) is 3.16. The molecule has 0 radical (unpaired) electrons. The monoisotopic (exact) mass is 378 g/mol. The Balaban J connectivity index is 1.36. The molecule has 1 aliphatic rings. The number of carbonyl (C=O) groups excluding carboxylic acids is 2. The number of rotatable bonds is 7. The van der Waals surface area contributed by atoms with Crippen LogP contribution in [0.3, 0.4) is 0 Å². The first-order chi connectivity index (χ1) is 12.4. The molecule has 8 heteroatoms. The van der Waals surface area contributed by atoms with Crippen LogP contribution in [0.25, 0.3) is 10.9 Å². The summed E-state index contributed by atoms with van der Waals surface area (Å²) in [5.74, 6) is -0.848. The molecule has 7 nitrogen and oxygen atoms in total. The van der Waals surface area contributed by atoms with E-state index in [1.165, 1.54) is 0 Å². The van der Waals surface area contributed by atoms with Gasteiger partial charge in [0, 0.05) is 29.6 Å². The lowest BCUT2D eigenvalue weighted by Crippen LogP contribution is -2.38. The van der Waals surface area contributed by atoms with Gasteiger partial charge in [-0.25, -0.2) is 8.42 Å². The Labute approximate surface area is 152 Å². The fourth-order valence-corrected chi connectivity index (χ4v) is 4.83. The lowest BCUT2D eigenvalue weighted by molar-refractivity contribution is -0.148. The van der Waals surface area contributed by atoms with E-state index in [1.807, 2.05) is 30.5 Å². The van der Waals surface area contributed by atoms with Gasteiger partial charge in [0.05, 0.1) is 11.5 Å². The molecule has 0 spiro atoms. The Morgan fingerprint density at radius 2 is 2.08 bits per heavy atom.